The van der Waals surface area contributed by atoms with Gasteiger partial charge in [-0.1, -0.05) is 17.2 Å². The van der Waals surface area contributed by atoms with Crippen molar-refractivity contribution in [3.8, 4) is 0 Å². The Bertz CT molecular complexity index is 555. The van der Waals surface area contributed by atoms with E-state index in [4.69, 9.17) is 0 Å². The average Bonchev–Trinajstić information content (AvgIpc) is 2.90. The molecular formula is C16H23N3O3. The van der Waals surface area contributed by atoms with E-state index in [-0.39, 0.29) is 6.42 Å². The number of carboxylic acids is 1. The van der Waals surface area contributed by atoms with Gasteiger partial charge in [0.25, 0.3) is 0 Å². The molecule has 0 aliphatic carbocycles. The van der Waals surface area contributed by atoms with Crippen LogP contribution in [0.5, 0.6) is 0 Å². The Kier molecular flexibility index (Phi) is 7.08. The van der Waals surface area contributed by atoms with Gasteiger partial charge in [-0.05, 0) is 33.6 Å². The van der Waals surface area contributed by atoms with Crippen LogP contribution in [0.15, 0.2) is 35.8 Å². The van der Waals surface area contributed by atoms with Crippen LogP contribution in [0.1, 0.15) is 39.3 Å². The molecule has 0 saturated carbocycles. The highest BCUT2D eigenvalue weighted by Gasteiger charge is 2.20. The largest absolute Gasteiger partial charge is 0.480 e. The van der Waals surface area contributed by atoms with Crippen LogP contribution in [0.4, 0.5) is 0 Å². The smallest absolute Gasteiger partial charge is 0.326 e. The molecule has 1 aromatic heterocycles. The Morgan fingerprint density at radius 3 is 2.68 bits per heavy atom. The quantitative estimate of drug-likeness (QED) is 0.507. The van der Waals surface area contributed by atoms with E-state index >= 15 is 0 Å². The minimum absolute atomic E-state index is 0.148. The summed E-state index contributed by atoms with van der Waals surface area (Å²) in [6.45, 7) is 5.92. The van der Waals surface area contributed by atoms with Crippen LogP contribution >= 0.6 is 0 Å². The Morgan fingerprint density at radius 2 is 2.14 bits per heavy atom. The molecule has 3 N–H and O–H groups in total. The van der Waals surface area contributed by atoms with Crippen molar-refractivity contribution >= 4 is 11.9 Å². The molecule has 0 aliphatic heterocycles. The summed E-state index contributed by atoms with van der Waals surface area (Å²) in [5.41, 5.74) is 2.75. The number of nitrogens with zero attached hydrogens (tertiary/aromatic N) is 1. The molecule has 1 rings (SSSR count). The third-order valence-electron chi connectivity index (χ3n) is 3.05. The number of amides is 1. The van der Waals surface area contributed by atoms with Crippen LogP contribution < -0.4 is 5.32 Å². The molecule has 22 heavy (non-hydrogen) atoms. The van der Waals surface area contributed by atoms with E-state index < -0.39 is 17.9 Å². The molecule has 120 valence electrons. The maximum atomic E-state index is 11.9. The van der Waals surface area contributed by atoms with E-state index in [2.05, 4.69) is 21.4 Å². The first kappa shape index (κ1) is 17.7. The molecule has 1 heterocycles. The van der Waals surface area contributed by atoms with Gasteiger partial charge in [-0.2, -0.15) is 0 Å². The Balaban J connectivity index is 2.55. The maximum absolute atomic E-state index is 11.9. The summed E-state index contributed by atoms with van der Waals surface area (Å²) in [6, 6.07) is -0.988. The zero-order valence-corrected chi connectivity index (χ0v) is 13.2. The zero-order chi connectivity index (χ0) is 16.5. The minimum atomic E-state index is -1.08. The number of aromatic amines is 1. The van der Waals surface area contributed by atoms with Crippen LogP contribution in [-0.2, 0) is 16.0 Å². The second kappa shape index (κ2) is 8.81. The molecule has 1 atom stereocenters. The first-order valence-electron chi connectivity index (χ1n) is 7.20. The van der Waals surface area contributed by atoms with Crippen molar-refractivity contribution in [3.63, 3.8) is 0 Å². The monoisotopic (exact) mass is 305 g/mol. The molecule has 0 fully saturated rings. The fourth-order valence-electron chi connectivity index (χ4n) is 1.91. The number of aromatic nitrogens is 2. The molecule has 6 heteroatoms. The second-order valence-electron chi connectivity index (χ2n) is 5.47. The topological polar surface area (TPSA) is 95.1 Å². The van der Waals surface area contributed by atoms with E-state index in [9.17, 15) is 14.7 Å². The lowest BCUT2D eigenvalue weighted by Crippen LogP contribution is -2.41. The number of aliphatic carboxylic acids is 1. The number of imidazole rings is 1. The van der Waals surface area contributed by atoms with Gasteiger partial charge in [0.2, 0.25) is 5.91 Å². The van der Waals surface area contributed by atoms with Crippen molar-refractivity contribution in [1.82, 2.24) is 15.3 Å². The number of carbonyl (C=O) groups is 2. The van der Waals surface area contributed by atoms with E-state index in [1.807, 2.05) is 20.8 Å². The summed E-state index contributed by atoms with van der Waals surface area (Å²) in [7, 11) is 0. The van der Waals surface area contributed by atoms with Gasteiger partial charge in [-0.15, -0.1) is 0 Å². The fraction of sp³-hybridized carbons (Fsp3) is 0.438. The van der Waals surface area contributed by atoms with Crippen molar-refractivity contribution in [2.45, 2.75) is 46.1 Å². The number of rotatable bonds is 8. The summed E-state index contributed by atoms with van der Waals surface area (Å²) >= 11 is 0. The molecule has 0 aromatic carbocycles. The number of hydrogen-bond donors (Lipinski definition) is 3. The molecule has 1 amide bonds. The predicted molar refractivity (Wildman–Crippen MR) is 84.3 cm³/mol. The van der Waals surface area contributed by atoms with Gasteiger partial charge in [-0.25, -0.2) is 9.78 Å². The highest BCUT2D eigenvalue weighted by Crippen LogP contribution is 2.07. The predicted octanol–water partition coefficient (Wildman–Crippen LogP) is 2.21. The van der Waals surface area contributed by atoms with Gasteiger partial charge in [0, 0.05) is 18.7 Å². The molecule has 0 aliphatic rings. The maximum Gasteiger partial charge on any atom is 0.326 e. The van der Waals surface area contributed by atoms with Gasteiger partial charge in [0.1, 0.15) is 6.04 Å². The summed E-state index contributed by atoms with van der Waals surface area (Å²) in [5.74, 6) is -1.47. The summed E-state index contributed by atoms with van der Waals surface area (Å²) in [4.78, 5) is 29.8. The van der Waals surface area contributed by atoms with Crippen LogP contribution in [0.3, 0.4) is 0 Å². The van der Waals surface area contributed by atoms with Gasteiger partial charge < -0.3 is 15.4 Å². The van der Waals surface area contributed by atoms with Crippen LogP contribution in [0, 0.1) is 0 Å². The van der Waals surface area contributed by atoms with Gasteiger partial charge in [-0.3, -0.25) is 4.79 Å². The Hall–Kier alpha value is -2.37. The molecular weight excluding hydrogens is 282 g/mol. The van der Waals surface area contributed by atoms with E-state index in [1.165, 1.54) is 18.0 Å². The third kappa shape index (κ3) is 6.88. The van der Waals surface area contributed by atoms with Crippen molar-refractivity contribution in [2.24, 2.45) is 0 Å². The average molecular weight is 305 g/mol. The number of allylic oxidation sites excluding steroid dienone is 3. The fourth-order valence-corrected chi connectivity index (χ4v) is 1.91. The normalized spacial score (nSPS) is 12.6. The van der Waals surface area contributed by atoms with E-state index in [0.717, 1.165) is 18.4 Å². The third-order valence-corrected chi connectivity index (χ3v) is 3.05. The standard InChI is InChI=1S/C16H23N3O3/c1-11(2)5-4-6-12(3)7-15(20)19-14(16(21)22)8-13-9-17-10-18-13/h5,7,9-10,14H,4,6,8H2,1-3H3,(H,17,18)(H,19,20)(H,21,22)/b12-7+. The highest BCUT2D eigenvalue weighted by molar-refractivity contribution is 5.91. The summed E-state index contributed by atoms with van der Waals surface area (Å²) in [6.07, 6.45) is 8.44. The highest BCUT2D eigenvalue weighted by atomic mass is 16.4. The number of nitrogens with one attached hydrogen (secondary N) is 2. The lowest BCUT2D eigenvalue weighted by molar-refractivity contribution is -0.141. The Labute approximate surface area is 130 Å². The zero-order valence-electron chi connectivity index (χ0n) is 13.2. The van der Waals surface area contributed by atoms with Crippen molar-refractivity contribution < 1.29 is 14.7 Å². The van der Waals surface area contributed by atoms with Gasteiger partial charge >= 0.3 is 5.97 Å². The van der Waals surface area contributed by atoms with Crippen LogP contribution in [-0.4, -0.2) is 33.0 Å². The molecule has 0 spiro atoms. The van der Waals surface area contributed by atoms with Crippen molar-refractivity contribution in [1.29, 1.82) is 0 Å². The van der Waals surface area contributed by atoms with Crippen molar-refractivity contribution in [2.75, 3.05) is 0 Å². The number of carboxylic acid groups (broad SMARTS) is 1. The van der Waals surface area contributed by atoms with E-state index in [1.54, 1.807) is 6.20 Å². The van der Waals surface area contributed by atoms with Crippen LogP contribution in [0.2, 0.25) is 0 Å². The molecule has 0 bridgehead atoms. The second-order valence-corrected chi connectivity index (χ2v) is 5.47. The number of hydrogen-bond acceptors (Lipinski definition) is 3. The van der Waals surface area contributed by atoms with Crippen LogP contribution in [0.25, 0.3) is 0 Å². The minimum Gasteiger partial charge on any atom is -0.480 e. The first-order valence-corrected chi connectivity index (χ1v) is 7.20. The Morgan fingerprint density at radius 1 is 1.41 bits per heavy atom. The SMILES string of the molecule is CC(C)=CCC/C(C)=C/C(=O)NC(Cc1c[nH]cn1)C(=O)O. The molecule has 0 radical (unpaired) electrons. The number of carbonyl (C=O) groups excluding carboxylic acids is 1. The van der Waals surface area contributed by atoms with E-state index in [0.29, 0.717) is 5.69 Å². The molecule has 0 saturated heterocycles. The number of H-pyrrole nitrogens is 1. The molecule has 1 unspecified atom stereocenters. The first-order chi connectivity index (χ1) is 10.4. The van der Waals surface area contributed by atoms with Gasteiger partial charge in [0.05, 0.1) is 12.0 Å². The lowest BCUT2D eigenvalue weighted by Gasteiger charge is -2.12. The van der Waals surface area contributed by atoms with Crippen molar-refractivity contribution in [3.05, 3.63) is 41.5 Å². The summed E-state index contributed by atoms with van der Waals surface area (Å²) in [5, 5.41) is 11.7. The molecule has 1 aromatic rings. The summed E-state index contributed by atoms with van der Waals surface area (Å²) < 4.78 is 0. The van der Waals surface area contributed by atoms with Gasteiger partial charge in [0.15, 0.2) is 0 Å². The molecule has 6 nitrogen and oxygen atoms in total. The lowest BCUT2D eigenvalue weighted by atomic mass is 10.1.